The Bertz CT molecular complexity index is 469. The van der Waals surface area contributed by atoms with Gasteiger partial charge in [0.15, 0.2) is 0 Å². The molecule has 0 radical (unpaired) electrons. The molecule has 104 valence electrons. The van der Waals surface area contributed by atoms with Gasteiger partial charge in [-0.1, -0.05) is 0 Å². The molecule has 2 amide bonds. The van der Waals surface area contributed by atoms with Gasteiger partial charge in [0.05, 0.1) is 17.3 Å². The molecular weight excluding hydrogens is 332 g/mol. The highest BCUT2D eigenvalue weighted by Crippen LogP contribution is 2.23. The van der Waals surface area contributed by atoms with Crippen molar-refractivity contribution in [3.05, 3.63) is 20.8 Å². The molecule has 1 aromatic rings. The second-order valence-electron chi connectivity index (χ2n) is 4.22. The van der Waals surface area contributed by atoms with Crippen molar-refractivity contribution in [1.82, 2.24) is 9.80 Å². The molecule has 2 heterocycles. The first-order valence-corrected chi connectivity index (χ1v) is 7.56. The number of piperazine rings is 1. The smallest absolute Gasteiger partial charge is 0.409 e. The molecule has 0 aliphatic carbocycles. The first-order valence-electron chi connectivity index (χ1n) is 5.95. The summed E-state index contributed by atoms with van der Waals surface area (Å²) in [6.45, 7) is 2.21. The number of hydrogen-bond donors (Lipinski definition) is 0. The van der Waals surface area contributed by atoms with E-state index in [0.717, 1.165) is 8.66 Å². The third-order valence-corrected chi connectivity index (χ3v) is 4.64. The van der Waals surface area contributed by atoms with Crippen LogP contribution in [0.1, 0.15) is 4.88 Å². The van der Waals surface area contributed by atoms with Gasteiger partial charge in [-0.3, -0.25) is 4.79 Å². The largest absolute Gasteiger partial charge is 0.453 e. The Balaban J connectivity index is 1.84. The van der Waals surface area contributed by atoms with Crippen LogP contribution in [0.3, 0.4) is 0 Å². The van der Waals surface area contributed by atoms with Gasteiger partial charge in [-0.2, -0.15) is 0 Å². The van der Waals surface area contributed by atoms with Gasteiger partial charge < -0.3 is 14.5 Å². The van der Waals surface area contributed by atoms with Crippen LogP contribution in [0.25, 0.3) is 0 Å². The summed E-state index contributed by atoms with van der Waals surface area (Å²) in [5.74, 6) is 0.110. The highest BCUT2D eigenvalue weighted by Gasteiger charge is 2.24. The number of thiophene rings is 1. The molecule has 0 spiro atoms. The molecule has 0 N–H and O–H groups in total. The van der Waals surface area contributed by atoms with E-state index in [9.17, 15) is 9.59 Å². The van der Waals surface area contributed by atoms with Crippen LogP contribution in [-0.4, -0.2) is 55.1 Å². The van der Waals surface area contributed by atoms with Crippen LogP contribution < -0.4 is 0 Å². The fraction of sp³-hybridized carbons (Fsp3) is 0.500. The summed E-state index contributed by atoms with van der Waals surface area (Å²) >= 11 is 4.96. The Hall–Kier alpha value is -1.08. The van der Waals surface area contributed by atoms with Crippen molar-refractivity contribution in [3.8, 4) is 0 Å². The van der Waals surface area contributed by atoms with Gasteiger partial charge in [-0.25, -0.2) is 4.79 Å². The number of carbonyl (C=O) groups is 2. The Labute approximate surface area is 124 Å². The van der Waals surface area contributed by atoms with Crippen molar-refractivity contribution in [2.45, 2.75) is 6.42 Å². The van der Waals surface area contributed by atoms with Gasteiger partial charge in [0.25, 0.3) is 0 Å². The Morgan fingerprint density at radius 2 is 1.89 bits per heavy atom. The van der Waals surface area contributed by atoms with E-state index in [1.54, 1.807) is 21.1 Å². The van der Waals surface area contributed by atoms with E-state index in [2.05, 4.69) is 20.7 Å². The van der Waals surface area contributed by atoms with Crippen LogP contribution in [0, 0.1) is 0 Å². The zero-order valence-corrected chi connectivity index (χ0v) is 13.0. The molecular formula is C12H15BrN2O3S. The van der Waals surface area contributed by atoms with Gasteiger partial charge in [-0.05, 0) is 28.1 Å². The Kier molecular flexibility index (Phi) is 4.81. The van der Waals surface area contributed by atoms with E-state index in [1.165, 1.54) is 7.11 Å². The first kappa shape index (κ1) is 14.3. The van der Waals surface area contributed by atoms with E-state index in [1.807, 2.05) is 12.1 Å². The Morgan fingerprint density at radius 1 is 1.26 bits per heavy atom. The van der Waals surface area contributed by atoms with Crippen molar-refractivity contribution < 1.29 is 14.3 Å². The zero-order chi connectivity index (χ0) is 13.8. The highest BCUT2D eigenvalue weighted by atomic mass is 79.9. The molecule has 5 nitrogen and oxygen atoms in total. The lowest BCUT2D eigenvalue weighted by atomic mass is 10.2. The number of methoxy groups -OCH3 is 1. The molecule has 2 rings (SSSR count). The average Bonchev–Trinajstić information content (AvgIpc) is 2.83. The van der Waals surface area contributed by atoms with Crippen LogP contribution in [-0.2, 0) is 16.0 Å². The molecule has 1 aliphatic rings. The number of hydrogen-bond acceptors (Lipinski definition) is 4. The minimum absolute atomic E-state index is 0.110. The number of ether oxygens (including phenoxy) is 1. The molecule has 7 heteroatoms. The normalized spacial score (nSPS) is 15.5. The summed E-state index contributed by atoms with van der Waals surface area (Å²) in [5.41, 5.74) is 0. The third-order valence-electron chi connectivity index (χ3n) is 3.02. The van der Waals surface area contributed by atoms with Crippen molar-refractivity contribution in [2.75, 3.05) is 33.3 Å². The lowest BCUT2D eigenvalue weighted by Gasteiger charge is -2.33. The second-order valence-corrected chi connectivity index (χ2v) is 6.77. The van der Waals surface area contributed by atoms with Crippen LogP contribution in [0.5, 0.6) is 0 Å². The fourth-order valence-electron chi connectivity index (χ4n) is 1.98. The molecule has 1 saturated heterocycles. The molecule has 0 bridgehead atoms. The Morgan fingerprint density at radius 3 is 2.42 bits per heavy atom. The van der Waals surface area contributed by atoms with Gasteiger partial charge >= 0.3 is 6.09 Å². The topological polar surface area (TPSA) is 49.9 Å². The SMILES string of the molecule is COC(=O)N1CCN(C(=O)Cc2ccc(Br)s2)CC1. The third kappa shape index (κ3) is 3.70. The molecule has 0 unspecified atom stereocenters. The van der Waals surface area contributed by atoms with E-state index in [4.69, 9.17) is 0 Å². The maximum atomic E-state index is 12.1. The number of amides is 2. The quantitative estimate of drug-likeness (QED) is 0.822. The average molecular weight is 347 g/mol. The van der Waals surface area contributed by atoms with E-state index >= 15 is 0 Å². The van der Waals surface area contributed by atoms with Crippen molar-refractivity contribution in [2.24, 2.45) is 0 Å². The number of carbonyl (C=O) groups excluding carboxylic acids is 2. The van der Waals surface area contributed by atoms with Gasteiger partial charge in [-0.15, -0.1) is 11.3 Å². The summed E-state index contributed by atoms with van der Waals surface area (Å²) < 4.78 is 5.70. The predicted molar refractivity (Wildman–Crippen MR) is 76.3 cm³/mol. The minimum atomic E-state index is -0.325. The van der Waals surface area contributed by atoms with E-state index in [-0.39, 0.29) is 12.0 Å². The van der Waals surface area contributed by atoms with E-state index in [0.29, 0.717) is 32.6 Å². The number of rotatable bonds is 2. The number of halogens is 1. The lowest BCUT2D eigenvalue weighted by Crippen LogP contribution is -2.50. The van der Waals surface area contributed by atoms with Crippen LogP contribution >= 0.6 is 27.3 Å². The molecule has 1 aliphatic heterocycles. The minimum Gasteiger partial charge on any atom is -0.453 e. The number of nitrogens with zero attached hydrogens (tertiary/aromatic N) is 2. The standard InChI is InChI=1S/C12H15BrN2O3S/c1-18-12(17)15-6-4-14(5-7-15)11(16)8-9-2-3-10(13)19-9/h2-3H,4-8H2,1H3. The second kappa shape index (κ2) is 6.38. The summed E-state index contributed by atoms with van der Waals surface area (Å²) in [5, 5.41) is 0. The van der Waals surface area contributed by atoms with Crippen LogP contribution in [0.15, 0.2) is 15.9 Å². The van der Waals surface area contributed by atoms with Crippen molar-refractivity contribution >= 4 is 39.3 Å². The van der Waals surface area contributed by atoms with Crippen molar-refractivity contribution in [1.29, 1.82) is 0 Å². The maximum Gasteiger partial charge on any atom is 0.409 e. The summed E-state index contributed by atoms with van der Waals surface area (Å²) in [6.07, 6.45) is 0.100. The monoisotopic (exact) mass is 346 g/mol. The first-order chi connectivity index (χ1) is 9.10. The molecule has 0 saturated carbocycles. The molecule has 19 heavy (non-hydrogen) atoms. The summed E-state index contributed by atoms with van der Waals surface area (Å²) in [6, 6.07) is 3.90. The molecule has 1 aromatic heterocycles. The lowest BCUT2D eigenvalue weighted by molar-refractivity contribution is -0.131. The zero-order valence-electron chi connectivity index (χ0n) is 10.6. The van der Waals surface area contributed by atoms with Crippen LogP contribution in [0.4, 0.5) is 4.79 Å². The maximum absolute atomic E-state index is 12.1. The predicted octanol–water partition coefficient (Wildman–Crippen LogP) is 1.96. The van der Waals surface area contributed by atoms with Gasteiger partial charge in [0.1, 0.15) is 0 Å². The van der Waals surface area contributed by atoms with Crippen molar-refractivity contribution in [3.63, 3.8) is 0 Å². The molecule has 0 atom stereocenters. The summed E-state index contributed by atoms with van der Waals surface area (Å²) in [4.78, 5) is 27.9. The summed E-state index contributed by atoms with van der Waals surface area (Å²) in [7, 11) is 1.37. The molecule has 0 aromatic carbocycles. The van der Waals surface area contributed by atoms with Gasteiger partial charge in [0.2, 0.25) is 5.91 Å². The van der Waals surface area contributed by atoms with Crippen LogP contribution in [0.2, 0.25) is 0 Å². The highest BCUT2D eigenvalue weighted by molar-refractivity contribution is 9.11. The molecule has 1 fully saturated rings. The van der Waals surface area contributed by atoms with Gasteiger partial charge in [0, 0.05) is 31.1 Å². The fourth-order valence-corrected chi connectivity index (χ4v) is 3.45. The van der Waals surface area contributed by atoms with E-state index < -0.39 is 0 Å².